The van der Waals surface area contributed by atoms with E-state index in [0.717, 1.165) is 5.00 Å². The largest absolute Gasteiger partial charge is 0.336 e. The molecule has 0 bridgehead atoms. The Morgan fingerprint density at radius 3 is 3.12 bits per heavy atom. The predicted molar refractivity (Wildman–Crippen MR) is 40.5 cm³/mol. The third kappa shape index (κ3) is 1.28. The van der Waals surface area contributed by atoms with Crippen molar-refractivity contribution in [2.24, 2.45) is 0 Å². The Morgan fingerprint density at radius 1 is 1.75 bits per heavy atom. The highest BCUT2D eigenvalue weighted by molar-refractivity contribution is 7.79. The van der Waals surface area contributed by atoms with Crippen LogP contribution in [0.3, 0.4) is 0 Å². The molecule has 0 aliphatic heterocycles. The Bertz CT molecular complexity index is 157. The second-order valence-corrected chi connectivity index (χ2v) is 2.36. The van der Waals surface area contributed by atoms with Crippen LogP contribution in [-0.4, -0.2) is 5.49 Å². The molecule has 1 radical (unpaired) electrons. The monoisotopic (exact) mass is 142 g/mol. The molecule has 1 aromatic rings. The van der Waals surface area contributed by atoms with E-state index in [2.05, 4.69) is 23.0 Å². The van der Waals surface area contributed by atoms with E-state index in [4.69, 9.17) is 0 Å². The third-order valence-electron chi connectivity index (χ3n) is 0.695. The fourth-order valence-electron chi connectivity index (χ4n) is 0.400. The van der Waals surface area contributed by atoms with Gasteiger partial charge in [0.15, 0.2) is 0 Å². The second-order valence-electron chi connectivity index (χ2n) is 1.20. The molecule has 0 fully saturated rings. The Balaban J connectivity index is 2.62. The van der Waals surface area contributed by atoms with Crippen LogP contribution in [0.25, 0.3) is 0 Å². The molecule has 8 heavy (non-hydrogen) atoms. The molecule has 41 valence electrons. The van der Waals surface area contributed by atoms with Gasteiger partial charge in [0.2, 0.25) is 0 Å². The number of anilines is 1. The molecule has 0 aromatic carbocycles. The summed E-state index contributed by atoms with van der Waals surface area (Å²) in [7, 11) is 0. The van der Waals surface area contributed by atoms with Crippen LogP contribution in [0.2, 0.25) is 0 Å². The van der Waals surface area contributed by atoms with Crippen LogP contribution in [0.1, 0.15) is 0 Å². The molecule has 0 amide bonds. The molecule has 0 saturated heterocycles. The topological polar surface area (TPSA) is 12.0 Å². The van der Waals surface area contributed by atoms with Gasteiger partial charge in [0, 0.05) is 0 Å². The van der Waals surface area contributed by atoms with Crippen LogP contribution >= 0.6 is 23.6 Å². The molecule has 0 saturated carbocycles. The highest BCUT2D eigenvalue weighted by Gasteiger charge is 1.83. The number of rotatable bonds is 2. The van der Waals surface area contributed by atoms with Gasteiger partial charge in [0.1, 0.15) is 5.49 Å². The number of thiocarbonyl (C=S) groups is 1. The van der Waals surface area contributed by atoms with E-state index in [1.165, 1.54) is 0 Å². The molecule has 3 heteroatoms. The van der Waals surface area contributed by atoms with Gasteiger partial charge in [-0.05, 0) is 17.5 Å². The van der Waals surface area contributed by atoms with Crippen LogP contribution in [0.4, 0.5) is 5.00 Å². The van der Waals surface area contributed by atoms with E-state index in [1.54, 1.807) is 11.3 Å². The molecule has 0 unspecified atom stereocenters. The van der Waals surface area contributed by atoms with E-state index >= 15 is 0 Å². The summed E-state index contributed by atoms with van der Waals surface area (Å²) in [6.45, 7) is 0. The van der Waals surface area contributed by atoms with Gasteiger partial charge in [-0.3, -0.25) is 0 Å². The molecular weight excluding hydrogens is 138 g/mol. The van der Waals surface area contributed by atoms with Crippen molar-refractivity contribution < 1.29 is 0 Å². The zero-order valence-electron chi connectivity index (χ0n) is 4.05. The number of hydrogen-bond donors (Lipinski definition) is 1. The van der Waals surface area contributed by atoms with E-state index in [1.807, 2.05) is 17.5 Å². The molecule has 1 aromatic heterocycles. The summed E-state index contributed by atoms with van der Waals surface area (Å²) < 4.78 is 0. The van der Waals surface area contributed by atoms with E-state index in [-0.39, 0.29) is 0 Å². The van der Waals surface area contributed by atoms with Crippen molar-refractivity contribution in [3.8, 4) is 0 Å². The zero-order valence-corrected chi connectivity index (χ0v) is 5.68. The predicted octanol–water partition coefficient (Wildman–Crippen LogP) is 1.99. The first kappa shape index (κ1) is 5.72. The average molecular weight is 142 g/mol. The fraction of sp³-hybridized carbons (Fsp3) is 0. The van der Waals surface area contributed by atoms with Crippen molar-refractivity contribution in [3.05, 3.63) is 17.5 Å². The Kier molecular flexibility index (Phi) is 2.00. The first-order chi connectivity index (χ1) is 3.93. The van der Waals surface area contributed by atoms with Gasteiger partial charge in [-0.15, -0.1) is 11.3 Å². The van der Waals surface area contributed by atoms with Gasteiger partial charge in [-0.2, -0.15) is 0 Å². The molecule has 0 atom stereocenters. The normalized spacial score (nSPS) is 8.50. The molecule has 0 spiro atoms. The van der Waals surface area contributed by atoms with Crippen LogP contribution in [0.5, 0.6) is 0 Å². The van der Waals surface area contributed by atoms with Crippen molar-refractivity contribution in [2.75, 3.05) is 5.32 Å². The van der Waals surface area contributed by atoms with Gasteiger partial charge in [-0.1, -0.05) is 12.2 Å². The quantitative estimate of drug-likeness (QED) is 0.500. The highest BCUT2D eigenvalue weighted by Crippen LogP contribution is 2.13. The standard InChI is InChI=1S/C5H4NS2/c7-4-6-5-2-1-3-8-5/h1-3H,(H,6,7). The lowest BCUT2D eigenvalue weighted by atomic mass is 10.6. The minimum Gasteiger partial charge on any atom is -0.336 e. The Morgan fingerprint density at radius 2 is 2.62 bits per heavy atom. The van der Waals surface area contributed by atoms with E-state index in [0.29, 0.717) is 0 Å². The lowest BCUT2D eigenvalue weighted by Gasteiger charge is -1.85. The van der Waals surface area contributed by atoms with E-state index < -0.39 is 0 Å². The summed E-state index contributed by atoms with van der Waals surface area (Å²) in [6, 6.07) is 3.91. The summed E-state index contributed by atoms with van der Waals surface area (Å²) in [5.74, 6) is 0. The smallest absolute Gasteiger partial charge is 0.139 e. The molecule has 0 aliphatic carbocycles. The van der Waals surface area contributed by atoms with Gasteiger partial charge in [0.05, 0.1) is 5.00 Å². The van der Waals surface area contributed by atoms with Crippen LogP contribution in [0.15, 0.2) is 17.5 Å². The van der Waals surface area contributed by atoms with Crippen LogP contribution in [-0.2, 0) is 0 Å². The summed E-state index contributed by atoms with van der Waals surface area (Å²) in [4.78, 5) is 0. The lowest BCUT2D eigenvalue weighted by molar-refractivity contribution is 1.89. The Hall–Kier alpha value is -0.410. The van der Waals surface area contributed by atoms with Crippen molar-refractivity contribution >= 4 is 34.0 Å². The first-order valence-corrected chi connectivity index (χ1v) is 3.39. The van der Waals surface area contributed by atoms with Crippen molar-refractivity contribution in [2.45, 2.75) is 0 Å². The maximum absolute atomic E-state index is 4.45. The van der Waals surface area contributed by atoms with Gasteiger partial charge in [0.25, 0.3) is 0 Å². The average Bonchev–Trinajstić information content (AvgIpc) is 2.19. The Labute approximate surface area is 57.3 Å². The SMILES string of the molecule is S=[C]Nc1cccs1. The highest BCUT2D eigenvalue weighted by atomic mass is 32.1. The zero-order chi connectivity index (χ0) is 5.82. The fourth-order valence-corrected chi connectivity index (χ4v) is 1.15. The summed E-state index contributed by atoms with van der Waals surface area (Å²) in [5, 5.41) is 5.79. The van der Waals surface area contributed by atoms with E-state index in [9.17, 15) is 0 Å². The second kappa shape index (κ2) is 2.79. The van der Waals surface area contributed by atoms with Crippen molar-refractivity contribution in [3.63, 3.8) is 0 Å². The first-order valence-electron chi connectivity index (χ1n) is 2.10. The van der Waals surface area contributed by atoms with Crippen molar-refractivity contribution in [1.29, 1.82) is 0 Å². The minimum atomic E-state index is 1.04. The van der Waals surface area contributed by atoms with Gasteiger partial charge >= 0.3 is 0 Å². The molecule has 1 N–H and O–H groups in total. The number of hydrogen-bond acceptors (Lipinski definition) is 2. The minimum absolute atomic E-state index is 1.04. The molecule has 1 heterocycles. The van der Waals surface area contributed by atoms with Gasteiger partial charge in [-0.25, -0.2) is 0 Å². The summed E-state index contributed by atoms with van der Waals surface area (Å²) in [5.41, 5.74) is 2.41. The number of thiophene rings is 1. The number of nitrogens with one attached hydrogen (secondary N) is 1. The van der Waals surface area contributed by atoms with Crippen LogP contribution in [0, 0.1) is 0 Å². The molecular formula is C5H4NS2. The summed E-state index contributed by atoms with van der Waals surface area (Å²) in [6.07, 6.45) is 0. The molecule has 1 rings (SSSR count). The maximum Gasteiger partial charge on any atom is 0.139 e. The maximum atomic E-state index is 4.45. The van der Waals surface area contributed by atoms with Crippen LogP contribution < -0.4 is 5.32 Å². The summed E-state index contributed by atoms with van der Waals surface area (Å²) >= 11 is 6.05. The van der Waals surface area contributed by atoms with Gasteiger partial charge < -0.3 is 5.32 Å². The molecule has 0 aliphatic rings. The lowest BCUT2D eigenvalue weighted by Crippen LogP contribution is -1.85. The third-order valence-corrected chi connectivity index (χ3v) is 1.58. The van der Waals surface area contributed by atoms with Crippen molar-refractivity contribution in [1.82, 2.24) is 0 Å². The molecule has 1 nitrogen and oxygen atoms in total.